The molecule has 0 spiro atoms. The maximum atomic E-state index is 12.9. The molecule has 0 aliphatic carbocycles. The molecule has 0 saturated carbocycles. The van der Waals surface area contributed by atoms with Gasteiger partial charge in [0.05, 0.1) is 12.5 Å². The summed E-state index contributed by atoms with van der Waals surface area (Å²) in [5.74, 6) is 0.474. The van der Waals surface area contributed by atoms with Gasteiger partial charge in [-0.2, -0.15) is 0 Å². The Morgan fingerprint density at radius 2 is 1.50 bits per heavy atom. The third-order valence-corrected chi connectivity index (χ3v) is 13.8. The summed E-state index contributed by atoms with van der Waals surface area (Å²) in [4.78, 5) is 12.9. The van der Waals surface area contributed by atoms with Crippen molar-refractivity contribution in [2.24, 2.45) is 22.7 Å². The Labute approximate surface area is 164 Å². The second-order valence-corrected chi connectivity index (χ2v) is 19.8. The van der Waals surface area contributed by atoms with Crippen LogP contribution >= 0.6 is 0 Å². The van der Waals surface area contributed by atoms with Crippen molar-refractivity contribution in [3.63, 3.8) is 0 Å². The highest BCUT2D eigenvalue weighted by Gasteiger charge is 2.45. The van der Waals surface area contributed by atoms with Crippen LogP contribution in [0.4, 0.5) is 0 Å². The lowest BCUT2D eigenvalue weighted by atomic mass is 9.69. The molecule has 0 N–H and O–H groups in total. The summed E-state index contributed by atoms with van der Waals surface area (Å²) >= 11 is 0. The molecule has 5 heteroatoms. The van der Waals surface area contributed by atoms with Crippen LogP contribution in [0.15, 0.2) is 0 Å². The molecule has 1 aliphatic heterocycles. The van der Waals surface area contributed by atoms with Crippen LogP contribution in [0.2, 0.25) is 38.3 Å². The predicted octanol–water partition coefficient (Wildman–Crippen LogP) is 6.46. The minimum absolute atomic E-state index is 0.0263. The molecule has 0 amide bonds. The summed E-state index contributed by atoms with van der Waals surface area (Å²) in [5.41, 5.74) is 0.469. The van der Waals surface area contributed by atoms with Gasteiger partial charge in [-0.25, -0.2) is 0 Å². The van der Waals surface area contributed by atoms with E-state index in [1.807, 2.05) is 0 Å². The number of carbonyl (C=O) groups excluding carboxylic acids is 1. The van der Waals surface area contributed by atoms with Gasteiger partial charge in [-0.1, -0.05) is 54.4 Å². The van der Waals surface area contributed by atoms with E-state index >= 15 is 0 Å². The summed E-state index contributed by atoms with van der Waals surface area (Å²) in [5, 5.41) is 0. The molecule has 1 unspecified atom stereocenters. The molecule has 1 heterocycles. The van der Waals surface area contributed by atoms with Crippen LogP contribution in [0.25, 0.3) is 0 Å². The minimum atomic E-state index is -1.73. The van der Waals surface area contributed by atoms with Crippen LogP contribution in [0, 0.1) is 22.7 Å². The van der Waals surface area contributed by atoms with E-state index in [1.165, 1.54) is 12.8 Å². The maximum Gasteiger partial charge on any atom is 0.308 e. The lowest BCUT2D eigenvalue weighted by Gasteiger charge is -2.43. The molecular formula is C21H44O3Si2. The average Bonchev–Trinajstić information content (AvgIpc) is 2.46. The van der Waals surface area contributed by atoms with Crippen molar-refractivity contribution in [3.8, 4) is 0 Å². The summed E-state index contributed by atoms with van der Waals surface area (Å²) < 4.78 is 12.3. The Balaban J connectivity index is 2.78. The second kappa shape index (κ2) is 8.48. The zero-order valence-electron chi connectivity index (χ0n) is 19.1. The van der Waals surface area contributed by atoms with Crippen molar-refractivity contribution in [3.05, 3.63) is 0 Å². The topological polar surface area (TPSA) is 35.5 Å². The van der Waals surface area contributed by atoms with Gasteiger partial charge in [-0.05, 0) is 61.4 Å². The zero-order valence-corrected chi connectivity index (χ0v) is 21.1. The normalized spacial score (nSPS) is 22.1. The molecule has 1 rings (SSSR count). The van der Waals surface area contributed by atoms with Crippen molar-refractivity contribution in [2.45, 2.75) is 99.1 Å². The summed E-state index contributed by atoms with van der Waals surface area (Å²) in [6.45, 7) is 23.3. The first kappa shape index (κ1) is 23.9. The zero-order chi connectivity index (χ0) is 20.4. The lowest BCUT2D eigenvalue weighted by Crippen LogP contribution is -2.52. The van der Waals surface area contributed by atoms with Gasteiger partial charge in [-0.15, -0.1) is 0 Å². The smallest absolute Gasteiger partial charge is 0.308 e. The first-order valence-corrected chi connectivity index (χ1v) is 16.7. The van der Waals surface area contributed by atoms with E-state index in [4.69, 9.17) is 8.85 Å². The van der Waals surface area contributed by atoms with Gasteiger partial charge in [0, 0.05) is 0 Å². The molecule has 154 valence electrons. The molecule has 0 radical (unpaired) electrons. The molecule has 26 heavy (non-hydrogen) atoms. The van der Waals surface area contributed by atoms with Gasteiger partial charge >= 0.3 is 5.97 Å². The Morgan fingerprint density at radius 1 is 1.04 bits per heavy atom. The van der Waals surface area contributed by atoms with Gasteiger partial charge in [0.25, 0.3) is 0 Å². The van der Waals surface area contributed by atoms with E-state index in [0.717, 1.165) is 18.5 Å². The molecule has 3 nitrogen and oxygen atoms in total. The molecule has 1 fully saturated rings. The SMILES string of the molecule is CCC(C)(CC)CC(COC(=O)C1C[Si](C)(C)O[Si](C)(C)C1)C(C)(C)C. The molecule has 1 saturated heterocycles. The Kier molecular flexibility index (Phi) is 7.80. The summed E-state index contributed by atoms with van der Waals surface area (Å²) in [6, 6.07) is 1.81. The van der Waals surface area contributed by atoms with Crippen LogP contribution in [0.1, 0.15) is 60.8 Å². The Morgan fingerprint density at radius 3 is 1.88 bits per heavy atom. The largest absolute Gasteiger partial charge is 0.465 e. The fourth-order valence-electron chi connectivity index (χ4n) is 4.31. The fraction of sp³-hybridized carbons (Fsp3) is 0.952. The van der Waals surface area contributed by atoms with Crippen LogP contribution in [0.3, 0.4) is 0 Å². The maximum absolute atomic E-state index is 12.9. The van der Waals surface area contributed by atoms with Crippen LogP contribution in [-0.2, 0) is 13.6 Å². The van der Waals surface area contributed by atoms with Crippen LogP contribution < -0.4 is 0 Å². The van der Waals surface area contributed by atoms with Crippen molar-refractivity contribution in [2.75, 3.05) is 6.61 Å². The molecule has 0 aromatic rings. The van der Waals surface area contributed by atoms with Crippen molar-refractivity contribution in [1.82, 2.24) is 0 Å². The van der Waals surface area contributed by atoms with Crippen LogP contribution in [0.5, 0.6) is 0 Å². The third kappa shape index (κ3) is 7.12. The highest BCUT2D eigenvalue weighted by Crippen LogP contribution is 2.41. The molecule has 0 aromatic carbocycles. The Bertz CT molecular complexity index is 460. The summed E-state index contributed by atoms with van der Waals surface area (Å²) in [6.07, 6.45) is 3.46. The third-order valence-electron chi connectivity index (χ3n) is 6.46. The standard InChI is InChI=1S/C21H44O3Si2/c1-11-21(6,12-2)13-18(20(3,4)5)14-23-19(22)17-15-25(7,8)24-26(9,10)16-17/h17-18H,11-16H2,1-10H3. The van der Waals surface area contributed by atoms with Gasteiger partial charge in [0.15, 0.2) is 16.6 Å². The first-order valence-electron chi connectivity index (χ1n) is 10.5. The van der Waals surface area contributed by atoms with Crippen molar-refractivity contribution < 1.29 is 13.6 Å². The van der Waals surface area contributed by atoms with Crippen LogP contribution in [-0.4, -0.2) is 29.2 Å². The van der Waals surface area contributed by atoms with E-state index in [-0.39, 0.29) is 17.3 Å². The molecular weight excluding hydrogens is 356 g/mol. The first-order chi connectivity index (χ1) is 11.6. The van der Waals surface area contributed by atoms with Crippen molar-refractivity contribution in [1.29, 1.82) is 0 Å². The van der Waals surface area contributed by atoms with Gasteiger partial charge in [0.1, 0.15) is 0 Å². The van der Waals surface area contributed by atoms with E-state index in [9.17, 15) is 4.79 Å². The molecule has 1 atom stereocenters. The minimum Gasteiger partial charge on any atom is -0.465 e. The molecule has 0 aromatic heterocycles. The van der Waals surface area contributed by atoms with Crippen molar-refractivity contribution >= 4 is 22.6 Å². The number of carbonyl (C=O) groups is 1. The number of hydrogen-bond acceptors (Lipinski definition) is 3. The van der Waals surface area contributed by atoms with Gasteiger partial charge < -0.3 is 8.85 Å². The summed E-state index contributed by atoms with van der Waals surface area (Å²) in [7, 11) is -3.47. The van der Waals surface area contributed by atoms with E-state index in [2.05, 4.69) is 67.7 Å². The fourth-order valence-corrected chi connectivity index (χ4v) is 14.2. The van der Waals surface area contributed by atoms with E-state index < -0.39 is 16.6 Å². The lowest BCUT2D eigenvalue weighted by molar-refractivity contribution is -0.150. The monoisotopic (exact) mass is 400 g/mol. The second-order valence-electron chi connectivity index (χ2n) is 11.1. The molecule has 1 aliphatic rings. The molecule has 0 bridgehead atoms. The highest BCUT2D eigenvalue weighted by atomic mass is 28.4. The Hall–Kier alpha value is -0.136. The van der Waals surface area contributed by atoms with Gasteiger partial charge in [-0.3, -0.25) is 4.79 Å². The average molecular weight is 401 g/mol. The quantitative estimate of drug-likeness (QED) is 0.363. The highest BCUT2D eigenvalue weighted by molar-refractivity contribution is 6.86. The number of esters is 1. The number of hydrogen-bond donors (Lipinski definition) is 0. The van der Waals surface area contributed by atoms with E-state index in [0.29, 0.717) is 17.9 Å². The van der Waals surface area contributed by atoms with Gasteiger partial charge in [0.2, 0.25) is 0 Å². The predicted molar refractivity (Wildman–Crippen MR) is 116 cm³/mol. The number of rotatable bonds is 7. The van der Waals surface area contributed by atoms with E-state index in [1.54, 1.807) is 0 Å². The number of ether oxygens (including phenoxy) is 1.